The molecule has 5 heteroatoms. The fourth-order valence-electron chi connectivity index (χ4n) is 0. The van der Waals surface area contributed by atoms with Crippen molar-refractivity contribution >= 4 is 14.7 Å². The Morgan fingerprint density at radius 1 is 1.20 bits per heavy atom. The molecule has 2 nitrogen and oxygen atoms in total. The SMILES string of the molecule is O[B][B]O.[H-].[Li+]. The molecule has 0 aliphatic rings. The minimum Gasteiger partial charge on any atom is -1.00 e. The first-order valence-electron chi connectivity index (χ1n) is 0.850. The average Bonchev–Trinajstić information content (AvgIpc) is 1.37. The van der Waals surface area contributed by atoms with E-state index in [-0.39, 0.29) is 20.3 Å². The van der Waals surface area contributed by atoms with Gasteiger partial charge in [0, 0.05) is 0 Å². The number of hydrogen-bond acceptors (Lipinski definition) is 2. The van der Waals surface area contributed by atoms with Crippen LogP contribution in [0.15, 0.2) is 0 Å². The van der Waals surface area contributed by atoms with E-state index in [4.69, 9.17) is 10.0 Å². The molecular weight excluding hydrogens is 60.6 g/mol. The van der Waals surface area contributed by atoms with Crippen molar-refractivity contribution in [1.29, 1.82) is 0 Å². The van der Waals surface area contributed by atoms with Crippen molar-refractivity contribution in [3.05, 3.63) is 0 Å². The summed E-state index contributed by atoms with van der Waals surface area (Å²) in [6.45, 7) is 0. The van der Waals surface area contributed by atoms with Gasteiger partial charge >= 0.3 is 18.9 Å². The first-order chi connectivity index (χ1) is 1.91. The Bertz CT molecular complexity index is 13.5. The van der Waals surface area contributed by atoms with Crippen molar-refractivity contribution in [1.82, 2.24) is 0 Å². The van der Waals surface area contributed by atoms with Crippen molar-refractivity contribution in [3.63, 3.8) is 0 Å². The summed E-state index contributed by atoms with van der Waals surface area (Å²) in [4.78, 5) is 0. The van der Waals surface area contributed by atoms with Crippen molar-refractivity contribution in [2.45, 2.75) is 0 Å². The monoisotopic (exact) mass is 64.0 g/mol. The summed E-state index contributed by atoms with van der Waals surface area (Å²) in [5, 5.41) is 14.9. The molecule has 22 valence electrons. The van der Waals surface area contributed by atoms with Gasteiger partial charge in [-0.15, -0.1) is 0 Å². The van der Waals surface area contributed by atoms with Crippen LogP contribution in [0.25, 0.3) is 0 Å². The Kier molecular flexibility index (Phi) is 16.2. The molecule has 0 aromatic carbocycles. The summed E-state index contributed by atoms with van der Waals surface area (Å²) < 4.78 is 0. The van der Waals surface area contributed by atoms with Gasteiger partial charge in [0.15, 0.2) is 0 Å². The van der Waals surface area contributed by atoms with E-state index in [2.05, 4.69) is 0 Å². The van der Waals surface area contributed by atoms with Crippen LogP contribution in [-0.2, 0) is 0 Å². The van der Waals surface area contributed by atoms with Crippen LogP contribution < -0.4 is 18.9 Å². The van der Waals surface area contributed by atoms with Crippen molar-refractivity contribution in [3.8, 4) is 0 Å². The third kappa shape index (κ3) is 12.0. The van der Waals surface area contributed by atoms with Crippen LogP contribution in [0, 0.1) is 0 Å². The number of hydrogen-bond donors (Lipinski definition) is 2. The largest absolute Gasteiger partial charge is 1.00 e. The zero-order valence-electron chi connectivity index (χ0n) is 4.05. The molecule has 0 aliphatic carbocycles. The van der Waals surface area contributed by atoms with Gasteiger partial charge in [-0.1, -0.05) is 0 Å². The standard InChI is InChI=1S/B2H2O2.Li.H/c3-1-2-4;;/h3-4H;;/q;+1;-1. The predicted octanol–water partition coefficient (Wildman–Crippen LogP) is -4.76. The van der Waals surface area contributed by atoms with Gasteiger partial charge in [-0.05, 0) is 0 Å². The molecule has 0 aromatic rings. The molecule has 0 saturated carbocycles. The Hall–Kier alpha value is 0.647. The van der Waals surface area contributed by atoms with E-state index in [0.717, 1.165) is 0 Å². The van der Waals surface area contributed by atoms with Gasteiger partial charge in [0.2, 0.25) is 0 Å². The van der Waals surface area contributed by atoms with Crippen LogP contribution in [0.3, 0.4) is 0 Å². The van der Waals surface area contributed by atoms with Crippen molar-refractivity contribution < 1.29 is 30.3 Å². The Morgan fingerprint density at radius 3 is 1.40 bits per heavy atom. The molecule has 5 heavy (non-hydrogen) atoms. The van der Waals surface area contributed by atoms with E-state index in [9.17, 15) is 0 Å². The molecule has 0 saturated heterocycles. The van der Waals surface area contributed by atoms with E-state index in [1.54, 1.807) is 0 Å². The second-order valence-corrected chi connectivity index (χ2v) is 0.298. The maximum absolute atomic E-state index is 7.44. The molecular formula is H3B2LiO2. The van der Waals surface area contributed by atoms with Crippen LogP contribution in [0.1, 0.15) is 1.43 Å². The third-order valence-corrected chi connectivity index (χ3v) is 0.0667. The Morgan fingerprint density at radius 2 is 1.40 bits per heavy atom. The molecule has 0 rings (SSSR count). The Labute approximate surface area is 45.8 Å². The molecule has 0 bridgehead atoms. The third-order valence-electron chi connectivity index (χ3n) is 0.0667. The zero-order valence-corrected chi connectivity index (χ0v) is 3.05. The van der Waals surface area contributed by atoms with E-state index < -0.39 is 0 Å². The molecule has 0 aromatic heterocycles. The smallest absolute Gasteiger partial charge is 1.00 e. The maximum Gasteiger partial charge on any atom is 1.00 e. The Balaban J connectivity index is -0.0000000450. The summed E-state index contributed by atoms with van der Waals surface area (Å²) in [6, 6.07) is 0. The van der Waals surface area contributed by atoms with E-state index >= 15 is 0 Å². The van der Waals surface area contributed by atoms with E-state index in [1.807, 2.05) is 0 Å². The van der Waals surface area contributed by atoms with Crippen LogP contribution >= 0.6 is 0 Å². The minimum atomic E-state index is 0. The van der Waals surface area contributed by atoms with Gasteiger partial charge in [-0.3, -0.25) is 0 Å². The van der Waals surface area contributed by atoms with E-state index in [1.165, 1.54) is 0 Å². The first kappa shape index (κ1) is 9.17. The summed E-state index contributed by atoms with van der Waals surface area (Å²) in [7, 11) is 1.11. The molecule has 0 atom stereocenters. The molecule has 0 spiro atoms. The van der Waals surface area contributed by atoms with Crippen LogP contribution in [0.4, 0.5) is 0 Å². The average molecular weight is 63.6 g/mol. The minimum absolute atomic E-state index is 0. The van der Waals surface area contributed by atoms with Gasteiger partial charge in [0.1, 0.15) is 0 Å². The summed E-state index contributed by atoms with van der Waals surface area (Å²) in [5.41, 5.74) is 0. The topological polar surface area (TPSA) is 40.5 Å². The fourth-order valence-corrected chi connectivity index (χ4v) is 0. The molecule has 0 aliphatic heterocycles. The summed E-state index contributed by atoms with van der Waals surface area (Å²) >= 11 is 0. The number of rotatable bonds is 1. The molecule has 2 radical (unpaired) electrons. The van der Waals surface area contributed by atoms with Crippen LogP contribution in [0.5, 0.6) is 0 Å². The van der Waals surface area contributed by atoms with Crippen molar-refractivity contribution in [2.75, 3.05) is 0 Å². The second-order valence-electron chi connectivity index (χ2n) is 0.298. The molecule has 0 heterocycles. The zero-order chi connectivity index (χ0) is 3.41. The summed E-state index contributed by atoms with van der Waals surface area (Å²) in [5.74, 6) is 0. The van der Waals surface area contributed by atoms with E-state index in [0.29, 0.717) is 14.7 Å². The predicted molar refractivity (Wildman–Crippen MR) is 17.1 cm³/mol. The molecule has 0 unspecified atom stereocenters. The normalized spacial score (nSPS) is 4.40. The first-order valence-corrected chi connectivity index (χ1v) is 0.850. The van der Waals surface area contributed by atoms with Crippen LogP contribution in [-0.4, -0.2) is 24.8 Å². The molecule has 2 N–H and O–H groups in total. The van der Waals surface area contributed by atoms with Gasteiger partial charge in [-0.2, -0.15) is 0 Å². The van der Waals surface area contributed by atoms with Gasteiger partial charge in [-0.25, -0.2) is 0 Å². The van der Waals surface area contributed by atoms with Gasteiger partial charge in [0.25, 0.3) is 14.7 Å². The van der Waals surface area contributed by atoms with Crippen LogP contribution in [0.2, 0.25) is 0 Å². The maximum atomic E-state index is 7.44. The molecule has 0 fully saturated rings. The quantitative estimate of drug-likeness (QED) is 0.300. The fraction of sp³-hybridized carbons (Fsp3) is 0. The second kappa shape index (κ2) is 8.82. The summed E-state index contributed by atoms with van der Waals surface area (Å²) in [6.07, 6.45) is 0. The van der Waals surface area contributed by atoms with Crippen molar-refractivity contribution in [2.24, 2.45) is 0 Å². The van der Waals surface area contributed by atoms with Gasteiger partial charge < -0.3 is 11.5 Å². The van der Waals surface area contributed by atoms with Gasteiger partial charge in [0.05, 0.1) is 0 Å². The molecule has 0 amide bonds.